The molecule has 1 unspecified atom stereocenters. The predicted octanol–water partition coefficient (Wildman–Crippen LogP) is 2.22. The number of carbonyl (C=O) groups is 1. The monoisotopic (exact) mass is 212 g/mol. The van der Waals surface area contributed by atoms with Gasteiger partial charge in [-0.2, -0.15) is 0 Å². The van der Waals surface area contributed by atoms with Crippen LogP contribution in [-0.4, -0.2) is 17.7 Å². The zero-order chi connectivity index (χ0) is 11.0. The van der Waals surface area contributed by atoms with Gasteiger partial charge in [-0.3, -0.25) is 9.79 Å². The van der Waals surface area contributed by atoms with Gasteiger partial charge in [-0.05, 0) is 31.1 Å². The minimum Gasteiger partial charge on any atom is -0.344 e. The number of aliphatic imine (C=N–C) groups is 1. The van der Waals surface area contributed by atoms with Crippen LogP contribution in [0.2, 0.25) is 0 Å². The molecular weight excluding hydrogens is 200 g/mol. The molecule has 0 aromatic heterocycles. The van der Waals surface area contributed by atoms with Crippen molar-refractivity contribution in [3.63, 3.8) is 0 Å². The van der Waals surface area contributed by atoms with Gasteiger partial charge in [0.2, 0.25) is 0 Å². The summed E-state index contributed by atoms with van der Waals surface area (Å²) in [5, 5.41) is 3.02. The number of nitrogens with zero attached hydrogens (tertiary/aromatic N) is 1. The van der Waals surface area contributed by atoms with Crippen molar-refractivity contribution < 1.29 is 4.79 Å². The first-order valence-corrected chi connectivity index (χ1v) is 5.49. The van der Waals surface area contributed by atoms with Crippen LogP contribution in [0, 0.1) is 0 Å². The van der Waals surface area contributed by atoms with Crippen molar-refractivity contribution in [1.29, 1.82) is 0 Å². The topological polar surface area (TPSA) is 41.5 Å². The smallest absolute Gasteiger partial charge is 0.254 e. The van der Waals surface area contributed by atoms with E-state index < -0.39 is 0 Å². The van der Waals surface area contributed by atoms with E-state index in [2.05, 4.69) is 16.4 Å². The van der Waals surface area contributed by atoms with E-state index in [9.17, 15) is 4.79 Å². The molecule has 0 radical (unpaired) electrons. The van der Waals surface area contributed by atoms with Gasteiger partial charge in [0.25, 0.3) is 5.91 Å². The second-order valence-electron chi connectivity index (χ2n) is 4.06. The first-order valence-electron chi connectivity index (χ1n) is 5.49. The standard InChI is InChI=1S/C13H12N2O/c16-13-9-5-1-2-6-10(9)14-11-7-3-4-8-12(11)15-13/h1-3,5-7,12H,4,8H2,(H,15,16). The third kappa shape index (κ3) is 1.45. The maximum absolute atomic E-state index is 12.0. The first-order chi connectivity index (χ1) is 7.84. The highest BCUT2D eigenvalue weighted by atomic mass is 16.1. The van der Waals surface area contributed by atoms with Crippen molar-refractivity contribution in [1.82, 2.24) is 5.32 Å². The summed E-state index contributed by atoms with van der Waals surface area (Å²) in [6, 6.07) is 7.54. The Morgan fingerprint density at radius 1 is 1.31 bits per heavy atom. The van der Waals surface area contributed by atoms with E-state index in [1.165, 1.54) is 0 Å². The van der Waals surface area contributed by atoms with Crippen LogP contribution in [0.15, 0.2) is 41.4 Å². The molecule has 1 amide bonds. The molecule has 0 fully saturated rings. The number of carbonyl (C=O) groups excluding carboxylic acids is 1. The number of para-hydroxylation sites is 1. The number of benzene rings is 1. The van der Waals surface area contributed by atoms with Crippen LogP contribution in [0.25, 0.3) is 0 Å². The summed E-state index contributed by atoms with van der Waals surface area (Å²) in [6.07, 6.45) is 6.06. The van der Waals surface area contributed by atoms with Crippen LogP contribution in [0.5, 0.6) is 0 Å². The molecular formula is C13H12N2O. The molecule has 16 heavy (non-hydrogen) atoms. The van der Waals surface area contributed by atoms with Crippen molar-refractivity contribution in [2.24, 2.45) is 4.99 Å². The number of allylic oxidation sites excluding steroid dienone is 1. The second-order valence-corrected chi connectivity index (χ2v) is 4.06. The normalized spacial score (nSPS) is 22.6. The molecule has 3 rings (SSSR count). The van der Waals surface area contributed by atoms with Gasteiger partial charge in [-0.1, -0.05) is 18.2 Å². The maximum Gasteiger partial charge on any atom is 0.254 e. The molecule has 80 valence electrons. The molecule has 0 saturated heterocycles. The number of fused-ring (bicyclic) bond motifs is 2. The van der Waals surface area contributed by atoms with Gasteiger partial charge >= 0.3 is 0 Å². The van der Waals surface area contributed by atoms with Crippen LogP contribution in [0.1, 0.15) is 23.2 Å². The molecule has 1 aromatic carbocycles. The van der Waals surface area contributed by atoms with E-state index in [4.69, 9.17) is 0 Å². The van der Waals surface area contributed by atoms with E-state index >= 15 is 0 Å². The Hall–Kier alpha value is -1.90. The highest BCUT2D eigenvalue weighted by Gasteiger charge is 2.24. The molecule has 1 heterocycles. The minimum atomic E-state index is -0.0188. The van der Waals surface area contributed by atoms with Gasteiger partial charge in [0.05, 0.1) is 23.0 Å². The van der Waals surface area contributed by atoms with Crippen molar-refractivity contribution in [2.45, 2.75) is 18.9 Å². The fourth-order valence-corrected chi connectivity index (χ4v) is 2.13. The first kappa shape index (κ1) is 9.33. The molecule has 1 atom stereocenters. The van der Waals surface area contributed by atoms with Crippen LogP contribution < -0.4 is 5.32 Å². The second kappa shape index (κ2) is 3.59. The third-order valence-corrected chi connectivity index (χ3v) is 2.97. The van der Waals surface area contributed by atoms with Crippen molar-refractivity contribution in [3.05, 3.63) is 42.0 Å². The fraction of sp³-hybridized carbons (Fsp3) is 0.231. The highest BCUT2D eigenvalue weighted by Crippen LogP contribution is 2.24. The largest absolute Gasteiger partial charge is 0.344 e. The average Bonchev–Trinajstić information content (AvgIpc) is 2.45. The van der Waals surface area contributed by atoms with Gasteiger partial charge < -0.3 is 5.32 Å². The van der Waals surface area contributed by atoms with E-state index in [1.54, 1.807) is 0 Å². The van der Waals surface area contributed by atoms with Crippen LogP contribution >= 0.6 is 0 Å². The molecule has 3 heteroatoms. The number of hydrogen-bond donors (Lipinski definition) is 1. The van der Waals surface area contributed by atoms with Crippen LogP contribution in [-0.2, 0) is 0 Å². The van der Waals surface area contributed by atoms with Gasteiger partial charge in [0, 0.05) is 0 Å². The van der Waals surface area contributed by atoms with Gasteiger partial charge in [-0.25, -0.2) is 0 Å². The maximum atomic E-state index is 12.0. The Labute approximate surface area is 93.9 Å². The zero-order valence-electron chi connectivity index (χ0n) is 8.81. The van der Waals surface area contributed by atoms with Crippen molar-refractivity contribution in [3.8, 4) is 0 Å². The molecule has 0 bridgehead atoms. The Balaban J connectivity index is 2.14. The fourth-order valence-electron chi connectivity index (χ4n) is 2.13. The molecule has 0 saturated carbocycles. The number of nitrogens with one attached hydrogen (secondary N) is 1. The number of hydrogen-bond acceptors (Lipinski definition) is 2. The molecule has 1 aliphatic heterocycles. The van der Waals surface area contributed by atoms with Gasteiger partial charge in [0.1, 0.15) is 0 Å². The SMILES string of the molecule is O=C1NC2CCC=CC2=Nc2ccccc21. The van der Waals surface area contributed by atoms with E-state index in [-0.39, 0.29) is 11.9 Å². The predicted molar refractivity (Wildman–Crippen MR) is 63.2 cm³/mol. The Kier molecular flexibility index (Phi) is 2.10. The van der Waals surface area contributed by atoms with Crippen molar-refractivity contribution in [2.75, 3.05) is 0 Å². The molecule has 1 N–H and O–H groups in total. The lowest BCUT2D eigenvalue weighted by molar-refractivity contribution is 0.0947. The highest BCUT2D eigenvalue weighted by molar-refractivity contribution is 6.10. The van der Waals surface area contributed by atoms with E-state index in [1.807, 2.05) is 30.3 Å². The lowest BCUT2D eigenvalue weighted by Crippen LogP contribution is -2.39. The summed E-state index contributed by atoms with van der Waals surface area (Å²) in [5.74, 6) is -0.0188. The quantitative estimate of drug-likeness (QED) is 0.704. The van der Waals surface area contributed by atoms with Crippen molar-refractivity contribution >= 4 is 17.3 Å². The lowest BCUT2D eigenvalue weighted by atomic mass is 10.00. The Morgan fingerprint density at radius 3 is 3.12 bits per heavy atom. The molecule has 3 nitrogen and oxygen atoms in total. The number of amides is 1. The van der Waals surface area contributed by atoms with Crippen LogP contribution in [0.3, 0.4) is 0 Å². The third-order valence-electron chi connectivity index (χ3n) is 2.97. The summed E-state index contributed by atoms with van der Waals surface area (Å²) < 4.78 is 0. The molecule has 1 aromatic rings. The molecule has 0 spiro atoms. The summed E-state index contributed by atoms with van der Waals surface area (Å²) in [4.78, 5) is 16.5. The summed E-state index contributed by atoms with van der Waals surface area (Å²) in [6.45, 7) is 0. The van der Waals surface area contributed by atoms with E-state index in [0.717, 1.165) is 24.2 Å². The molecule has 1 aliphatic carbocycles. The van der Waals surface area contributed by atoms with Gasteiger partial charge in [-0.15, -0.1) is 0 Å². The number of rotatable bonds is 0. The minimum absolute atomic E-state index is 0.0188. The molecule has 2 aliphatic rings. The Morgan fingerprint density at radius 2 is 2.19 bits per heavy atom. The summed E-state index contributed by atoms with van der Waals surface area (Å²) >= 11 is 0. The van der Waals surface area contributed by atoms with Gasteiger partial charge in [0.15, 0.2) is 0 Å². The average molecular weight is 212 g/mol. The lowest BCUT2D eigenvalue weighted by Gasteiger charge is -2.18. The summed E-state index contributed by atoms with van der Waals surface area (Å²) in [7, 11) is 0. The Bertz CT molecular complexity index is 502. The van der Waals surface area contributed by atoms with E-state index in [0.29, 0.717) is 5.56 Å². The zero-order valence-corrected chi connectivity index (χ0v) is 8.81. The summed E-state index contributed by atoms with van der Waals surface area (Å²) in [5.41, 5.74) is 2.39. The van der Waals surface area contributed by atoms with Crippen LogP contribution in [0.4, 0.5) is 5.69 Å².